The molecule has 1 amide bonds. The van der Waals surface area contributed by atoms with Gasteiger partial charge in [-0.15, -0.1) is 0 Å². The third kappa shape index (κ3) is 2.61. The normalized spacial score (nSPS) is 35.8. The number of fused-ring (bicyclic) bond motifs is 3. The highest BCUT2D eigenvalue weighted by molar-refractivity contribution is 5.79. The number of amides is 1. The average Bonchev–Trinajstić information content (AvgIpc) is 3.66. The molecule has 3 aliphatic carbocycles. The molecule has 4 aliphatic heterocycles. The predicted molar refractivity (Wildman–Crippen MR) is 130 cm³/mol. The van der Waals surface area contributed by atoms with Crippen LogP contribution >= 0.6 is 0 Å². The molecule has 188 valence electrons. The van der Waals surface area contributed by atoms with Gasteiger partial charge in [0.05, 0.1) is 24.9 Å². The number of phenolic OH excluding ortho intramolecular Hbond substituents is 1. The minimum atomic E-state index is -0.146. The van der Waals surface area contributed by atoms with Crippen LogP contribution in [0.2, 0.25) is 0 Å². The molecule has 2 N–H and O–H groups in total. The second kappa shape index (κ2) is 7.12. The van der Waals surface area contributed by atoms with Crippen molar-refractivity contribution in [1.29, 1.82) is 0 Å². The lowest BCUT2D eigenvalue weighted by Crippen LogP contribution is -2.72. The highest BCUT2D eigenvalue weighted by Gasteiger charge is 2.74. The molecule has 1 aromatic carbocycles. The lowest BCUT2D eigenvalue weighted by molar-refractivity contribution is -0.143. The van der Waals surface area contributed by atoms with E-state index in [1.807, 2.05) is 11.0 Å². The number of aromatic hydroxyl groups is 2. The second-order valence-electron chi connectivity index (χ2n) is 12.0. The van der Waals surface area contributed by atoms with E-state index in [2.05, 4.69) is 20.9 Å². The summed E-state index contributed by atoms with van der Waals surface area (Å²) in [6.45, 7) is 2.98. The second-order valence-corrected chi connectivity index (χ2v) is 12.0. The van der Waals surface area contributed by atoms with Gasteiger partial charge < -0.3 is 19.8 Å². The lowest BCUT2D eigenvalue weighted by atomic mass is 9.42. The molecule has 2 spiro atoms. The highest BCUT2D eigenvalue weighted by Crippen LogP contribution is 2.71. The number of rotatable bonds is 4. The topological polar surface area (TPSA) is 99.0 Å². The number of hydrogen-bond donors (Lipinski definition) is 2. The summed E-state index contributed by atoms with van der Waals surface area (Å²) < 4.78 is 6.77. The van der Waals surface area contributed by atoms with Crippen LogP contribution in [-0.4, -0.2) is 73.7 Å². The maximum Gasteiger partial charge on any atom is 0.230 e. The summed E-state index contributed by atoms with van der Waals surface area (Å²) >= 11 is 0. The van der Waals surface area contributed by atoms with Gasteiger partial charge in [0, 0.05) is 35.5 Å². The van der Waals surface area contributed by atoms with Gasteiger partial charge in [0.2, 0.25) is 5.91 Å². The Kier molecular flexibility index (Phi) is 4.20. The molecule has 8 nitrogen and oxygen atoms in total. The van der Waals surface area contributed by atoms with E-state index in [1.54, 1.807) is 0 Å². The number of aromatic nitrogens is 2. The quantitative estimate of drug-likeness (QED) is 0.682. The summed E-state index contributed by atoms with van der Waals surface area (Å²) in [7, 11) is 0. The van der Waals surface area contributed by atoms with E-state index in [1.165, 1.54) is 42.9 Å². The number of benzene rings is 1. The third-order valence-corrected chi connectivity index (χ3v) is 10.5. The number of ether oxygens (including phenoxy) is 1. The van der Waals surface area contributed by atoms with Gasteiger partial charge in [-0.2, -0.15) is 0 Å². The zero-order chi connectivity index (χ0) is 24.2. The molecule has 5 heterocycles. The van der Waals surface area contributed by atoms with Crippen LogP contribution in [0.5, 0.6) is 17.2 Å². The Balaban J connectivity index is 1.23. The van der Waals surface area contributed by atoms with Crippen LogP contribution in [0, 0.1) is 11.3 Å². The van der Waals surface area contributed by atoms with E-state index in [-0.39, 0.29) is 46.8 Å². The van der Waals surface area contributed by atoms with Crippen molar-refractivity contribution in [3.05, 3.63) is 41.5 Å². The van der Waals surface area contributed by atoms with Gasteiger partial charge in [-0.25, -0.2) is 9.97 Å². The summed E-state index contributed by atoms with van der Waals surface area (Å²) in [6.07, 6.45) is 10.4. The predicted octanol–water partition coefficient (Wildman–Crippen LogP) is 2.55. The van der Waals surface area contributed by atoms with Crippen LogP contribution in [0.1, 0.15) is 55.5 Å². The smallest absolute Gasteiger partial charge is 0.230 e. The minimum Gasteiger partial charge on any atom is -0.505 e. The third-order valence-electron chi connectivity index (χ3n) is 10.5. The molecule has 3 saturated heterocycles. The first-order valence-electron chi connectivity index (χ1n) is 13.6. The monoisotopic (exact) mass is 488 g/mol. The number of likely N-dealkylation sites (tertiary alicyclic amines) is 1. The fraction of sp³-hybridized carbons (Fsp3) is 0.607. The lowest BCUT2D eigenvalue weighted by Gasteiger charge is -2.66. The van der Waals surface area contributed by atoms with Crippen molar-refractivity contribution in [2.75, 3.05) is 19.6 Å². The fourth-order valence-corrected chi connectivity index (χ4v) is 8.97. The highest BCUT2D eigenvalue weighted by atomic mass is 16.5. The fourth-order valence-electron chi connectivity index (χ4n) is 8.97. The van der Waals surface area contributed by atoms with Gasteiger partial charge >= 0.3 is 0 Å². The van der Waals surface area contributed by atoms with E-state index in [4.69, 9.17) is 4.74 Å². The van der Waals surface area contributed by atoms with Crippen molar-refractivity contribution < 1.29 is 19.7 Å². The Morgan fingerprint density at radius 3 is 2.72 bits per heavy atom. The molecule has 5 atom stereocenters. The molecule has 4 bridgehead atoms. The number of piperidine rings is 1. The SMILES string of the molecule is O=C(Cc1ncc(O)cn1)N1CC[C@@]23CC[C@@H]1[C@@H]1Oc4c(O)ccc5c4[C@@]12CCN(CC1CC1)[C@@H]3C5. The zero-order valence-electron chi connectivity index (χ0n) is 20.4. The van der Waals surface area contributed by atoms with Gasteiger partial charge in [-0.05, 0) is 69.0 Å². The first-order valence-corrected chi connectivity index (χ1v) is 13.6. The standard InChI is InChI=1S/C28H32N4O4/c33-18-13-29-22(30-14-18)12-23(35)32-10-7-27-6-5-19(32)26-28(27)8-9-31(15-16-1-2-16)21(27)11-17-3-4-20(34)25(36-26)24(17)28/h3-4,13-14,16,19,21,26,33-34H,1-2,5-12,15H2/t19-,21-,26+,27-,28+/m1/s1. The first-order chi connectivity index (χ1) is 17.5. The van der Waals surface area contributed by atoms with E-state index < -0.39 is 0 Å². The first kappa shape index (κ1) is 21.2. The molecule has 8 heteroatoms. The Morgan fingerprint density at radius 1 is 1.08 bits per heavy atom. The van der Waals surface area contributed by atoms with E-state index in [0.717, 1.165) is 51.1 Å². The van der Waals surface area contributed by atoms with Crippen molar-refractivity contribution in [2.45, 2.75) is 75.0 Å². The summed E-state index contributed by atoms with van der Waals surface area (Å²) in [5.74, 6) is 2.20. The van der Waals surface area contributed by atoms with Crippen LogP contribution < -0.4 is 4.74 Å². The maximum atomic E-state index is 13.7. The maximum absolute atomic E-state index is 13.7. The summed E-state index contributed by atoms with van der Waals surface area (Å²) in [4.78, 5) is 26.9. The molecule has 0 radical (unpaired) electrons. The van der Waals surface area contributed by atoms with Crippen LogP contribution in [0.25, 0.3) is 0 Å². The number of carbonyl (C=O) groups excluding carboxylic acids is 1. The van der Waals surface area contributed by atoms with Crippen molar-refractivity contribution in [3.63, 3.8) is 0 Å². The number of hydrogen-bond acceptors (Lipinski definition) is 7. The molecule has 7 aliphatic rings. The number of nitrogens with zero attached hydrogens (tertiary/aromatic N) is 4. The zero-order valence-corrected chi connectivity index (χ0v) is 20.4. The largest absolute Gasteiger partial charge is 0.505 e. The molecule has 2 saturated carbocycles. The molecule has 5 fully saturated rings. The molecular weight excluding hydrogens is 456 g/mol. The average molecular weight is 489 g/mol. The summed E-state index contributed by atoms with van der Waals surface area (Å²) in [6, 6.07) is 4.37. The molecule has 36 heavy (non-hydrogen) atoms. The number of phenols is 1. The van der Waals surface area contributed by atoms with Crippen molar-refractivity contribution >= 4 is 5.91 Å². The minimum absolute atomic E-state index is 0.00218. The van der Waals surface area contributed by atoms with Gasteiger partial charge in [0.15, 0.2) is 17.2 Å². The Labute approximate surface area is 210 Å². The van der Waals surface area contributed by atoms with Gasteiger partial charge in [-0.3, -0.25) is 9.69 Å². The van der Waals surface area contributed by atoms with Crippen molar-refractivity contribution in [3.8, 4) is 17.2 Å². The Hall–Kier alpha value is -2.87. The Bertz CT molecular complexity index is 1260. The van der Waals surface area contributed by atoms with E-state index in [9.17, 15) is 15.0 Å². The van der Waals surface area contributed by atoms with Crippen molar-refractivity contribution in [2.24, 2.45) is 11.3 Å². The summed E-state index contributed by atoms with van der Waals surface area (Å²) in [5.41, 5.74) is 2.50. The van der Waals surface area contributed by atoms with E-state index >= 15 is 0 Å². The van der Waals surface area contributed by atoms with Gasteiger partial charge in [0.25, 0.3) is 0 Å². The van der Waals surface area contributed by atoms with Crippen LogP contribution in [0.4, 0.5) is 0 Å². The van der Waals surface area contributed by atoms with Gasteiger partial charge in [-0.1, -0.05) is 6.07 Å². The van der Waals surface area contributed by atoms with Crippen LogP contribution in [-0.2, 0) is 23.1 Å². The van der Waals surface area contributed by atoms with Crippen molar-refractivity contribution in [1.82, 2.24) is 19.8 Å². The molecule has 0 unspecified atom stereocenters. The van der Waals surface area contributed by atoms with Crippen LogP contribution in [0.3, 0.4) is 0 Å². The molecule has 2 aromatic rings. The molecule has 1 aromatic heterocycles. The molecular formula is C28H32N4O4. The summed E-state index contributed by atoms with van der Waals surface area (Å²) in [5, 5.41) is 20.4. The molecule has 9 rings (SSSR count). The van der Waals surface area contributed by atoms with Crippen LogP contribution in [0.15, 0.2) is 24.5 Å². The van der Waals surface area contributed by atoms with Gasteiger partial charge in [0.1, 0.15) is 11.9 Å². The Morgan fingerprint density at radius 2 is 1.92 bits per heavy atom. The van der Waals surface area contributed by atoms with E-state index in [0.29, 0.717) is 17.6 Å². The number of carbonyl (C=O) groups is 1.